The van der Waals surface area contributed by atoms with E-state index in [1.165, 1.54) is 19.3 Å². The third-order valence-corrected chi connectivity index (χ3v) is 3.34. The summed E-state index contributed by atoms with van der Waals surface area (Å²) in [6.07, 6.45) is 8.46. The van der Waals surface area contributed by atoms with Gasteiger partial charge in [-0.1, -0.05) is 40.0 Å². The number of hydrogen-bond donors (Lipinski definition) is 0. The van der Waals surface area contributed by atoms with Gasteiger partial charge in [0.2, 0.25) is 5.95 Å². The van der Waals surface area contributed by atoms with Crippen LogP contribution in [0.1, 0.15) is 58.6 Å². The molecule has 0 fully saturated rings. The van der Waals surface area contributed by atoms with Crippen molar-refractivity contribution in [2.75, 3.05) is 0 Å². The van der Waals surface area contributed by atoms with Crippen LogP contribution in [0.3, 0.4) is 0 Å². The summed E-state index contributed by atoms with van der Waals surface area (Å²) < 4.78 is 13.0. The van der Waals surface area contributed by atoms with Gasteiger partial charge >= 0.3 is 0 Å². The van der Waals surface area contributed by atoms with Gasteiger partial charge in [0.05, 0.1) is 11.9 Å². The normalized spacial score (nSPS) is 14.8. The Labute approximate surface area is 97.3 Å². The zero-order valence-electron chi connectivity index (χ0n) is 10.5. The van der Waals surface area contributed by atoms with Crippen LogP contribution >= 0.6 is 0 Å². The molecule has 3 heteroatoms. The summed E-state index contributed by atoms with van der Waals surface area (Å²) in [5, 5.41) is 0. The molecule has 0 spiro atoms. The van der Waals surface area contributed by atoms with Crippen molar-refractivity contribution in [3.05, 3.63) is 24.0 Å². The predicted octanol–water partition coefficient (Wildman–Crippen LogP) is 3.86. The molecule has 1 rings (SSSR count). The molecule has 0 N–H and O–H groups in total. The van der Waals surface area contributed by atoms with E-state index in [0.29, 0.717) is 0 Å². The van der Waals surface area contributed by atoms with Crippen molar-refractivity contribution >= 4 is 0 Å². The summed E-state index contributed by atoms with van der Waals surface area (Å²) in [7, 11) is 0. The average Bonchev–Trinajstić information content (AvgIpc) is 2.29. The fourth-order valence-electron chi connectivity index (χ4n) is 1.88. The lowest BCUT2D eigenvalue weighted by Crippen LogP contribution is -2.23. The van der Waals surface area contributed by atoms with E-state index in [9.17, 15) is 4.39 Å². The second kappa shape index (κ2) is 5.92. The molecule has 0 bridgehead atoms. The molecule has 1 atom stereocenters. The topological polar surface area (TPSA) is 25.8 Å². The molecule has 1 unspecified atom stereocenters. The highest BCUT2D eigenvalue weighted by molar-refractivity contribution is 5.11. The average molecular weight is 224 g/mol. The Morgan fingerprint density at radius 2 is 2.00 bits per heavy atom. The van der Waals surface area contributed by atoms with E-state index in [-0.39, 0.29) is 5.41 Å². The number of nitrogens with zero attached hydrogens (tertiary/aromatic N) is 2. The van der Waals surface area contributed by atoms with Gasteiger partial charge in [-0.05, 0) is 12.8 Å². The van der Waals surface area contributed by atoms with Crippen LogP contribution in [0, 0.1) is 5.95 Å². The molecule has 16 heavy (non-hydrogen) atoms. The number of aromatic nitrogens is 2. The molecule has 1 aromatic heterocycles. The summed E-state index contributed by atoms with van der Waals surface area (Å²) in [5.41, 5.74) is 0.746. The first kappa shape index (κ1) is 13.1. The lowest BCUT2D eigenvalue weighted by molar-refractivity contribution is 0.379. The largest absolute Gasteiger partial charge is 0.258 e. The van der Waals surface area contributed by atoms with E-state index in [0.717, 1.165) is 24.7 Å². The highest BCUT2D eigenvalue weighted by Gasteiger charge is 2.26. The van der Waals surface area contributed by atoms with Crippen LogP contribution in [-0.2, 0) is 5.41 Å². The van der Waals surface area contributed by atoms with Crippen molar-refractivity contribution in [1.82, 2.24) is 9.97 Å². The maximum atomic E-state index is 13.0. The summed E-state index contributed by atoms with van der Waals surface area (Å²) in [6, 6.07) is 0. The van der Waals surface area contributed by atoms with Crippen LogP contribution < -0.4 is 0 Å². The Kier molecular flexibility index (Phi) is 4.84. The lowest BCUT2D eigenvalue weighted by Gasteiger charge is -2.27. The molecule has 0 radical (unpaired) electrons. The molecule has 0 aromatic carbocycles. The van der Waals surface area contributed by atoms with E-state index in [1.807, 2.05) is 0 Å². The summed E-state index contributed by atoms with van der Waals surface area (Å²) >= 11 is 0. The van der Waals surface area contributed by atoms with Crippen LogP contribution in [0.15, 0.2) is 12.4 Å². The number of hydrogen-bond acceptors (Lipinski definition) is 2. The van der Waals surface area contributed by atoms with Crippen molar-refractivity contribution in [2.45, 2.75) is 58.3 Å². The van der Waals surface area contributed by atoms with Gasteiger partial charge in [0.25, 0.3) is 0 Å². The standard InChI is InChI=1S/C13H21FN2/c1-4-6-7-8-13(3,5-2)11-9-15-10-12(14)16-11/h9-10H,4-8H2,1-3H3. The minimum atomic E-state index is -0.479. The van der Waals surface area contributed by atoms with Gasteiger partial charge in [0, 0.05) is 11.6 Å². The monoisotopic (exact) mass is 224 g/mol. The minimum Gasteiger partial charge on any atom is -0.258 e. The van der Waals surface area contributed by atoms with Crippen LogP contribution in [0.4, 0.5) is 4.39 Å². The quantitative estimate of drug-likeness (QED) is 0.686. The Hall–Kier alpha value is -0.990. The van der Waals surface area contributed by atoms with Crippen molar-refractivity contribution < 1.29 is 4.39 Å². The van der Waals surface area contributed by atoms with Gasteiger partial charge in [-0.15, -0.1) is 0 Å². The van der Waals surface area contributed by atoms with E-state index in [2.05, 4.69) is 30.7 Å². The van der Waals surface area contributed by atoms with Crippen molar-refractivity contribution in [3.63, 3.8) is 0 Å². The maximum absolute atomic E-state index is 13.0. The van der Waals surface area contributed by atoms with Crippen LogP contribution in [-0.4, -0.2) is 9.97 Å². The second-order valence-corrected chi connectivity index (χ2v) is 4.60. The van der Waals surface area contributed by atoms with Gasteiger partial charge in [-0.3, -0.25) is 4.98 Å². The first-order valence-corrected chi connectivity index (χ1v) is 6.10. The summed E-state index contributed by atoms with van der Waals surface area (Å²) in [4.78, 5) is 7.85. The highest BCUT2D eigenvalue weighted by atomic mass is 19.1. The lowest BCUT2D eigenvalue weighted by atomic mass is 9.79. The number of rotatable bonds is 6. The van der Waals surface area contributed by atoms with E-state index >= 15 is 0 Å². The Morgan fingerprint density at radius 3 is 2.56 bits per heavy atom. The molecule has 0 aliphatic heterocycles. The van der Waals surface area contributed by atoms with E-state index < -0.39 is 5.95 Å². The Balaban J connectivity index is 2.78. The highest BCUT2D eigenvalue weighted by Crippen LogP contribution is 2.31. The molecule has 0 aliphatic rings. The van der Waals surface area contributed by atoms with E-state index in [4.69, 9.17) is 0 Å². The Bertz CT molecular complexity index is 327. The predicted molar refractivity (Wildman–Crippen MR) is 63.8 cm³/mol. The van der Waals surface area contributed by atoms with Gasteiger partial charge in [0.1, 0.15) is 0 Å². The SMILES string of the molecule is CCCCCC(C)(CC)c1cncc(F)n1. The van der Waals surface area contributed by atoms with Gasteiger partial charge in [-0.2, -0.15) is 4.39 Å². The van der Waals surface area contributed by atoms with Crippen LogP contribution in [0.2, 0.25) is 0 Å². The molecule has 0 amide bonds. The van der Waals surface area contributed by atoms with Crippen molar-refractivity contribution in [3.8, 4) is 0 Å². The minimum absolute atomic E-state index is 0.0374. The second-order valence-electron chi connectivity index (χ2n) is 4.60. The molecule has 0 saturated heterocycles. The summed E-state index contributed by atoms with van der Waals surface area (Å²) in [5.74, 6) is -0.479. The van der Waals surface area contributed by atoms with Gasteiger partial charge in [-0.25, -0.2) is 4.98 Å². The first-order valence-electron chi connectivity index (χ1n) is 6.10. The molecule has 2 nitrogen and oxygen atoms in total. The molecule has 0 saturated carbocycles. The van der Waals surface area contributed by atoms with Crippen molar-refractivity contribution in [2.24, 2.45) is 0 Å². The zero-order valence-corrected chi connectivity index (χ0v) is 10.5. The Morgan fingerprint density at radius 1 is 1.25 bits per heavy atom. The smallest absolute Gasteiger partial charge is 0.231 e. The third kappa shape index (κ3) is 3.26. The molecule has 1 heterocycles. The van der Waals surface area contributed by atoms with Crippen LogP contribution in [0.5, 0.6) is 0 Å². The van der Waals surface area contributed by atoms with Crippen LogP contribution in [0.25, 0.3) is 0 Å². The third-order valence-electron chi connectivity index (χ3n) is 3.34. The molecular weight excluding hydrogens is 203 g/mol. The number of unbranched alkanes of at least 4 members (excludes halogenated alkanes) is 2. The van der Waals surface area contributed by atoms with Gasteiger partial charge < -0.3 is 0 Å². The number of halogens is 1. The van der Waals surface area contributed by atoms with Crippen molar-refractivity contribution in [1.29, 1.82) is 0 Å². The summed E-state index contributed by atoms with van der Waals surface area (Å²) in [6.45, 7) is 6.45. The fraction of sp³-hybridized carbons (Fsp3) is 0.692. The van der Waals surface area contributed by atoms with E-state index in [1.54, 1.807) is 6.20 Å². The first-order chi connectivity index (χ1) is 7.62. The van der Waals surface area contributed by atoms with Gasteiger partial charge in [0.15, 0.2) is 0 Å². The fourth-order valence-corrected chi connectivity index (χ4v) is 1.88. The zero-order chi connectivity index (χ0) is 12.0. The molecule has 90 valence electrons. The molecular formula is C13H21FN2. The molecule has 1 aromatic rings. The maximum Gasteiger partial charge on any atom is 0.231 e. The molecule has 0 aliphatic carbocycles.